The molecular formula is C71H97Cl4N4ORu2SSi4-3. The molecule has 16 heteroatoms. The fraction of sp³-hybridized carbons (Fsp3) is 0.338. The van der Waals surface area contributed by atoms with Crippen molar-refractivity contribution in [3.8, 4) is 0 Å². The van der Waals surface area contributed by atoms with E-state index in [0.717, 1.165) is 31.7 Å². The minimum absolute atomic E-state index is 0. The zero-order valence-corrected chi connectivity index (χ0v) is 67.0. The van der Waals surface area contributed by atoms with Crippen molar-refractivity contribution in [3.05, 3.63) is 227 Å². The van der Waals surface area contributed by atoms with E-state index in [0.29, 0.717) is 0 Å². The Balaban J connectivity index is 0.000000207. The second-order valence-electron chi connectivity index (χ2n) is 26.1. The maximum absolute atomic E-state index is 11.8. The number of rotatable bonds is 9. The molecule has 1 unspecified atom stereocenters. The molecule has 87 heavy (non-hydrogen) atoms. The van der Waals surface area contributed by atoms with Gasteiger partial charge in [0.15, 0.2) is 0 Å². The molecule has 10 rings (SSSR count). The van der Waals surface area contributed by atoms with E-state index in [1.807, 2.05) is 59.2 Å². The third kappa shape index (κ3) is 20.4. The summed E-state index contributed by atoms with van der Waals surface area (Å²) in [6, 6.07) is 47.2. The van der Waals surface area contributed by atoms with E-state index in [4.69, 9.17) is 38.8 Å². The molecule has 0 aliphatic carbocycles. The molecule has 7 aromatic carbocycles. The van der Waals surface area contributed by atoms with Crippen LogP contribution in [0.25, 0.3) is 0 Å². The van der Waals surface area contributed by atoms with Gasteiger partial charge in [-0.2, -0.15) is 13.3 Å². The van der Waals surface area contributed by atoms with Crippen molar-refractivity contribution in [2.24, 2.45) is 0 Å². The molecule has 0 amide bonds. The van der Waals surface area contributed by atoms with Gasteiger partial charge in [0.05, 0.1) is 8.07 Å². The first-order valence-electron chi connectivity index (χ1n) is 29.5. The van der Waals surface area contributed by atoms with Crippen LogP contribution in [0.5, 0.6) is 0 Å². The SMILES string of the molecule is C[Si](C)(C)[Si](=O)[Si](C)(C)C.Cc1cc(C)c(N2[CH-]N(c3c(C)cc(C)cc3C)CC2)c(C)c1.Cc1cc(C)c(N2[CH-]N(c3c(C)cc([Si](C)(C)C)cc3C)CC2)c(C)c1.[CH3-].[Cl][Ru]([Cl])=[CH]c1ccccc1.[Cl][Ru]1([Cl])=[CH]c2ccccc2[S]=1c1ccccc1. The second kappa shape index (κ2) is 32.0. The van der Waals surface area contributed by atoms with Crippen molar-refractivity contribution in [3.63, 3.8) is 0 Å². The summed E-state index contributed by atoms with van der Waals surface area (Å²) < 4.78 is 15.8. The van der Waals surface area contributed by atoms with Crippen molar-refractivity contribution in [2.75, 3.05) is 45.8 Å². The van der Waals surface area contributed by atoms with E-state index in [1.165, 1.54) is 99.3 Å². The Morgan fingerprint density at radius 1 is 0.483 bits per heavy atom. The van der Waals surface area contributed by atoms with Gasteiger partial charge >= 0.3 is 186 Å². The molecular weight excluding hydrogens is 1410 g/mol. The number of nitrogens with zero attached hydrogens (tertiary/aromatic N) is 4. The van der Waals surface area contributed by atoms with E-state index < -0.39 is 55.1 Å². The van der Waals surface area contributed by atoms with E-state index in [9.17, 15) is 4.46 Å². The van der Waals surface area contributed by atoms with E-state index in [-0.39, 0.29) is 15.8 Å². The first-order valence-corrected chi connectivity index (χ1v) is 57.6. The third-order valence-corrected chi connectivity index (χ3v) is 56.7. The van der Waals surface area contributed by atoms with Gasteiger partial charge in [0.1, 0.15) is 15.2 Å². The topological polar surface area (TPSA) is 30.0 Å². The average molecular weight is 1510 g/mol. The van der Waals surface area contributed by atoms with Gasteiger partial charge in [0, 0.05) is 48.9 Å². The summed E-state index contributed by atoms with van der Waals surface area (Å²) in [5.41, 5.74) is 22.8. The van der Waals surface area contributed by atoms with Crippen LogP contribution in [0.4, 0.5) is 22.7 Å². The summed E-state index contributed by atoms with van der Waals surface area (Å²) in [5.74, 6) is 0. The van der Waals surface area contributed by atoms with Crippen molar-refractivity contribution >= 4 is 115 Å². The Bertz CT molecular complexity index is 3540. The van der Waals surface area contributed by atoms with Crippen LogP contribution in [0.15, 0.2) is 143 Å². The van der Waals surface area contributed by atoms with E-state index in [1.54, 1.807) is 5.19 Å². The van der Waals surface area contributed by atoms with Gasteiger partial charge in [0.2, 0.25) is 7.72 Å². The molecule has 1 atom stereocenters. The van der Waals surface area contributed by atoms with Gasteiger partial charge in [-0.3, -0.25) is 0 Å². The fourth-order valence-corrected chi connectivity index (χ4v) is 58.5. The van der Waals surface area contributed by atoms with Gasteiger partial charge in [0.25, 0.3) is 0 Å². The summed E-state index contributed by atoms with van der Waals surface area (Å²) in [6.45, 7) is 53.7. The van der Waals surface area contributed by atoms with Gasteiger partial charge < -0.3 is 31.5 Å². The van der Waals surface area contributed by atoms with Crippen LogP contribution in [-0.2, 0) is 28.6 Å². The van der Waals surface area contributed by atoms with Crippen LogP contribution in [0.3, 0.4) is 0 Å². The normalized spacial score (nSPS) is 15.6. The second-order valence-corrected chi connectivity index (χ2v) is 76.1. The summed E-state index contributed by atoms with van der Waals surface area (Å²) in [7, 11) is 16.7. The molecule has 3 aliphatic heterocycles. The van der Waals surface area contributed by atoms with Crippen molar-refractivity contribution < 1.29 is 28.6 Å². The standard InChI is InChI=1S/C23H33N2Si.C21H27N2.C13H10S.C7H6.C6H18OSi3.CH3.4ClH.2Ru/c1-16-11-17(2)22(18(3)12-16)24-9-10-25(15-24)23-19(4)13-21(14-20(23)5)26(6,7)8;1-14-9-16(3)20(17(4)10-14)22-7-8-23(13-22)21-18(5)11-15(2)12-19(21)6;1-11-7-5-6-10-13(11)14-12-8-3-2-4-9-12;1-7-5-3-2-4-6-7;1-9(2,3)8(7)10(4,5)6;;;;;;;/h11-15H,9-10H2,1-8H3;9-13H,7-8H2,1-6H3;1-10H;1-6H;1-6H3;1H3;4*1H;;/q2*-1;;;;-1;;;;;2*+2/p-4. The zero-order valence-electron chi connectivity index (χ0n) is 55.7. The molecule has 3 heterocycles. The molecule has 0 saturated carbocycles. The molecule has 5 nitrogen and oxygen atoms in total. The number of aryl methyl sites for hydroxylation is 11. The van der Waals surface area contributed by atoms with E-state index >= 15 is 0 Å². The molecule has 2 saturated heterocycles. The zero-order chi connectivity index (χ0) is 63.8. The van der Waals surface area contributed by atoms with Crippen LogP contribution < -0.4 is 24.8 Å². The van der Waals surface area contributed by atoms with Crippen molar-refractivity contribution in [1.82, 2.24) is 0 Å². The predicted molar refractivity (Wildman–Crippen MR) is 396 cm³/mol. The molecule has 0 radical (unpaired) electrons. The van der Waals surface area contributed by atoms with Crippen molar-refractivity contribution in [2.45, 2.75) is 145 Å². The number of halogens is 4. The van der Waals surface area contributed by atoms with Gasteiger partial charge in [-0.1, -0.05) is 129 Å². The molecule has 0 bridgehead atoms. The summed E-state index contributed by atoms with van der Waals surface area (Å²) in [4.78, 5) is 12.2. The quantitative estimate of drug-likeness (QED) is 0.106. The first-order chi connectivity index (χ1) is 40.1. The monoisotopic (exact) mass is 1510 g/mol. The molecule has 7 aromatic rings. The van der Waals surface area contributed by atoms with Crippen LogP contribution in [0, 0.1) is 96.9 Å². The number of hydrogen-bond donors (Lipinski definition) is 0. The Labute approximate surface area is 555 Å². The number of anilines is 4. The minimum atomic E-state index is -2.71. The van der Waals surface area contributed by atoms with Gasteiger partial charge in [-0.05, 0) is 121 Å². The average Bonchev–Trinajstić information content (AvgIpc) is 1.75. The van der Waals surface area contributed by atoms with Crippen LogP contribution in [0.1, 0.15) is 72.3 Å². The predicted octanol–water partition coefficient (Wildman–Crippen LogP) is 20.6. The maximum atomic E-state index is 11.8. The Kier molecular flexibility index (Phi) is 27.4. The summed E-state index contributed by atoms with van der Waals surface area (Å²) >= 11 is -1.61. The fourth-order valence-electron chi connectivity index (χ4n) is 11.9. The molecule has 2 fully saturated rings. The van der Waals surface area contributed by atoms with Crippen LogP contribution >= 0.6 is 47.1 Å². The Morgan fingerprint density at radius 2 is 0.793 bits per heavy atom. The summed E-state index contributed by atoms with van der Waals surface area (Å²) in [6.07, 6.45) is 0. The number of fused-ring (bicyclic) bond motifs is 1. The first kappa shape index (κ1) is 74.6. The Hall–Kier alpha value is -3.10. The number of benzene rings is 7. The molecule has 476 valence electrons. The van der Waals surface area contributed by atoms with Crippen LogP contribution in [-0.4, -0.2) is 66.4 Å². The molecule has 0 N–H and O–H groups in total. The number of hydrogen-bond acceptors (Lipinski definition) is 5. The van der Waals surface area contributed by atoms with E-state index in [2.05, 4.69) is 251 Å². The Morgan fingerprint density at radius 3 is 1.10 bits per heavy atom. The van der Waals surface area contributed by atoms with Crippen LogP contribution in [0.2, 0.25) is 58.9 Å². The summed E-state index contributed by atoms with van der Waals surface area (Å²) in [5, 5.41) is 1.55. The molecule has 0 aromatic heterocycles. The molecule has 3 aliphatic rings. The third-order valence-electron chi connectivity index (χ3n) is 15.0. The van der Waals surface area contributed by atoms with Crippen molar-refractivity contribution in [1.29, 1.82) is 0 Å². The van der Waals surface area contributed by atoms with Gasteiger partial charge in [-0.25, -0.2) is 0 Å². The molecule has 0 spiro atoms. The van der Waals surface area contributed by atoms with Gasteiger partial charge in [-0.15, -0.1) is 0 Å².